The van der Waals surface area contributed by atoms with Crippen LogP contribution < -0.4 is 5.32 Å². The maximum atomic E-state index is 11.7. The van der Waals surface area contributed by atoms with Gasteiger partial charge in [0.2, 0.25) is 0 Å². The van der Waals surface area contributed by atoms with Crippen LogP contribution in [-0.4, -0.2) is 21.7 Å². The molecule has 1 aromatic heterocycles. The highest BCUT2D eigenvalue weighted by atomic mass is 16.6. The second kappa shape index (κ2) is 3.98. The highest BCUT2D eigenvalue weighted by Crippen LogP contribution is 2.45. The second-order valence-corrected chi connectivity index (χ2v) is 5.34. The monoisotopic (exact) mass is 235 g/mol. The fourth-order valence-corrected chi connectivity index (χ4v) is 1.66. The lowest BCUT2D eigenvalue weighted by Gasteiger charge is -2.23. The van der Waals surface area contributed by atoms with Crippen molar-refractivity contribution in [2.45, 2.75) is 44.8 Å². The summed E-state index contributed by atoms with van der Waals surface area (Å²) in [6, 6.07) is 0. The van der Waals surface area contributed by atoms with Crippen LogP contribution in [0.3, 0.4) is 0 Å². The molecular formula is C12H17N3O2. The van der Waals surface area contributed by atoms with Crippen LogP contribution in [0.1, 0.15) is 39.2 Å². The number of ether oxygens (including phenoxy) is 1. The van der Waals surface area contributed by atoms with E-state index in [1.807, 2.05) is 20.8 Å². The van der Waals surface area contributed by atoms with Crippen molar-refractivity contribution in [2.24, 2.45) is 0 Å². The smallest absolute Gasteiger partial charge is 0.408 e. The van der Waals surface area contributed by atoms with Gasteiger partial charge in [0.25, 0.3) is 0 Å². The maximum Gasteiger partial charge on any atom is 0.408 e. The molecule has 1 aromatic rings. The Bertz CT molecular complexity index is 408. The molecule has 0 aromatic carbocycles. The molecule has 1 aliphatic rings. The number of nitrogens with zero attached hydrogens (tertiary/aromatic N) is 2. The Morgan fingerprint density at radius 1 is 1.35 bits per heavy atom. The minimum atomic E-state index is -0.479. The fourth-order valence-electron chi connectivity index (χ4n) is 1.66. The van der Waals surface area contributed by atoms with Crippen LogP contribution in [0.15, 0.2) is 18.7 Å². The molecule has 1 amide bonds. The van der Waals surface area contributed by atoms with Crippen molar-refractivity contribution in [1.82, 2.24) is 15.3 Å². The Hall–Kier alpha value is -1.65. The average Bonchev–Trinajstić information content (AvgIpc) is 2.97. The highest BCUT2D eigenvalue weighted by molar-refractivity contribution is 5.70. The number of hydrogen-bond acceptors (Lipinski definition) is 4. The predicted octanol–water partition coefficient (Wildman–Crippen LogP) is 1.99. The fraction of sp³-hybridized carbons (Fsp3) is 0.583. The van der Waals surface area contributed by atoms with Gasteiger partial charge in [-0.2, -0.15) is 0 Å². The van der Waals surface area contributed by atoms with E-state index in [4.69, 9.17) is 4.74 Å². The molecule has 0 aliphatic heterocycles. The summed E-state index contributed by atoms with van der Waals surface area (Å²) in [6.45, 7) is 5.54. The minimum Gasteiger partial charge on any atom is -0.444 e. The lowest BCUT2D eigenvalue weighted by atomic mass is 10.1. The number of aromatic nitrogens is 2. The molecule has 0 bridgehead atoms. The van der Waals surface area contributed by atoms with Crippen molar-refractivity contribution in [3.05, 3.63) is 24.3 Å². The summed E-state index contributed by atoms with van der Waals surface area (Å²) in [4.78, 5) is 19.7. The third kappa shape index (κ3) is 2.93. The molecule has 0 atom stereocenters. The zero-order valence-corrected chi connectivity index (χ0v) is 10.4. The molecule has 1 heterocycles. The van der Waals surface area contributed by atoms with E-state index in [-0.39, 0.29) is 11.6 Å². The van der Waals surface area contributed by atoms with Gasteiger partial charge in [-0.1, -0.05) is 0 Å². The molecule has 1 saturated carbocycles. The van der Waals surface area contributed by atoms with Gasteiger partial charge in [0, 0.05) is 18.0 Å². The molecule has 1 aliphatic carbocycles. The number of alkyl carbamates (subject to hydrolysis) is 1. The van der Waals surface area contributed by atoms with Crippen LogP contribution in [0.2, 0.25) is 0 Å². The number of amides is 1. The number of carbonyl (C=O) groups excluding carboxylic acids is 1. The van der Waals surface area contributed by atoms with Gasteiger partial charge in [0.1, 0.15) is 11.9 Å². The minimum absolute atomic E-state index is 0.316. The van der Waals surface area contributed by atoms with Gasteiger partial charge in [0.15, 0.2) is 0 Å². The molecule has 1 fully saturated rings. The number of hydrogen-bond donors (Lipinski definition) is 1. The summed E-state index contributed by atoms with van der Waals surface area (Å²) >= 11 is 0. The molecule has 0 radical (unpaired) electrons. The van der Waals surface area contributed by atoms with Crippen molar-refractivity contribution in [3.8, 4) is 0 Å². The summed E-state index contributed by atoms with van der Waals surface area (Å²) < 4.78 is 5.24. The van der Waals surface area contributed by atoms with Crippen molar-refractivity contribution < 1.29 is 9.53 Å². The number of carbonyl (C=O) groups is 1. The lowest BCUT2D eigenvalue weighted by molar-refractivity contribution is 0.0495. The zero-order chi connectivity index (χ0) is 12.5. The topological polar surface area (TPSA) is 64.1 Å². The van der Waals surface area contributed by atoms with Crippen LogP contribution in [0.5, 0.6) is 0 Å². The van der Waals surface area contributed by atoms with E-state index in [9.17, 15) is 4.79 Å². The molecule has 5 nitrogen and oxygen atoms in total. The highest BCUT2D eigenvalue weighted by Gasteiger charge is 2.47. The van der Waals surface area contributed by atoms with E-state index >= 15 is 0 Å². The van der Waals surface area contributed by atoms with Gasteiger partial charge in [-0.05, 0) is 33.6 Å². The van der Waals surface area contributed by atoms with Gasteiger partial charge < -0.3 is 10.1 Å². The van der Waals surface area contributed by atoms with Crippen LogP contribution in [0, 0.1) is 0 Å². The largest absolute Gasteiger partial charge is 0.444 e. The molecule has 5 heteroatoms. The van der Waals surface area contributed by atoms with Crippen molar-refractivity contribution in [1.29, 1.82) is 0 Å². The average molecular weight is 235 g/mol. The summed E-state index contributed by atoms with van der Waals surface area (Å²) in [5.74, 6) is 0. The first kappa shape index (κ1) is 11.8. The van der Waals surface area contributed by atoms with Crippen LogP contribution in [-0.2, 0) is 10.3 Å². The zero-order valence-electron chi connectivity index (χ0n) is 10.4. The third-order valence-electron chi connectivity index (χ3n) is 2.60. The van der Waals surface area contributed by atoms with E-state index < -0.39 is 5.60 Å². The summed E-state index contributed by atoms with van der Waals surface area (Å²) in [7, 11) is 0. The van der Waals surface area contributed by atoms with Crippen LogP contribution in [0.4, 0.5) is 4.79 Å². The number of rotatable bonds is 2. The Morgan fingerprint density at radius 3 is 2.41 bits per heavy atom. The summed E-state index contributed by atoms with van der Waals surface area (Å²) in [5, 5.41) is 2.90. The van der Waals surface area contributed by atoms with E-state index in [0.717, 1.165) is 18.4 Å². The van der Waals surface area contributed by atoms with E-state index in [2.05, 4.69) is 15.3 Å². The normalized spacial score (nSPS) is 17.4. The summed E-state index contributed by atoms with van der Waals surface area (Å²) in [5.41, 5.74) is 0.141. The molecule has 2 rings (SSSR count). The van der Waals surface area contributed by atoms with Crippen LogP contribution in [0.25, 0.3) is 0 Å². The maximum absolute atomic E-state index is 11.7. The van der Waals surface area contributed by atoms with Crippen molar-refractivity contribution in [2.75, 3.05) is 0 Å². The molecule has 92 valence electrons. The molecule has 0 unspecified atom stereocenters. The Balaban J connectivity index is 2.02. The Labute approximate surface area is 101 Å². The third-order valence-corrected chi connectivity index (χ3v) is 2.60. The SMILES string of the molecule is CC(C)(C)OC(=O)NC1(c2cncnc2)CC1. The van der Waals surface area contributed by atoms with Gasteiger partial charge in [-0.25, -0.2) is 14.8 Å². The molecule has 0 saturated heterocycles. The van der Waals surface area contributed by atoms with Gasteiger partial charge >= 0.3 is 6.09 Å². The summed E-state index contributed by atoms with van der Waals surface area (Å²) in [6.07, 6.45) is 6.36. The first-order valence-electron chi connectivity index (χ1n) is 5.68. The first-order chi connectivity index (χ1) is 7.91. The van der Waals surface area contributed by atoms with Gasteiger partial charge in [-0.15, -0.1) is 0 Å². The lowest BCUT2D eigenvalue weighted by Crippen LogP contribution is -2.39. The molecule has 0 spiro atoms. The first-order valence-corrected chi connectivity index (χ1v) is 5.68. The van der Waals surface area contributed by atoms with E-state index in [0.29, 0.717) is 0 Å². The van der Waals surface area contributed by atoms with Crippen molar-refractivity contribution in [3.63, 3.8) is 0 Å². The Kier molecular flexibility index (Phi) is 2.77. The molecular weight excluding hydrogens is 218 g/mol. The number of nitrogens with one attached hydrogen (secondary N) is 1. The molecule has 17 heavy (non-hydrogen) atoms. The van der Waals surface area contributed by atoms with Crippen molar-refractivity contribution >= 4 is 6.09 Å². The Morgan fingerprint density at radius 2 is 1.94 bits per heavy atom. The predicted molar refractivity (Wildman–Crippen MR) is 62.3 cm³/mol. The van der Waals surface area contributed by atoms with E-state index in [1.54, 1.807) is 12.4 Å². The van der Waals surface area contributed by atoms with Gasteiger partial charge in [-0.3, -0.25) is 0 Å². The quantitative estimate of drug-likeness (QED) is 0.851. The second-order valence-electron chi connectivity index (χ2n) is 5.34. The van der Waals surface area contributed by atoms with E-state index in [1.165, 1.54) is 6.33 Å². The molecule has 1 N–H and O–H groups in total. The van der Waals surface area contributed by atoms with Crippen LogP contribution >= 0.6 is 0 Å². The standard InChI is InChI=1S/C12H17N3O2/c1-11(2,3)17-10(16)15-12(4-5-12)9-6-13-8-14-7-9/h6-8H,4-5H2,1-3H3,(H,15,16). The van der Waals surface area contributed by atoms with Gasteiger partial charge in [0.05, 0.1) is 5.54 Å².